The molecule has 1 saturated heterocycles. The molecule has 2 nitrogen and oxygen atoms in total. The lowest BCUT2D eigenvalue weighted by Crippen LogP contribution is -2.28. The van der Waals surface area contributed by atoms with E-state index in [2.05, 4.69) is 37.6 Å². The molecule has 0 atom stereocenters. The highest BCUT2D eigenvalue weighted by atomic mass is 15.2. The first-order chi connectivity index (χ1) is 6.53. The normalized spacial score (nSPS) is 21.4. The van der Waals surface area contributed by atoms with Gasteiger partial charge in [0.15, 0.2) is 0 Å². The molecule has 2 heteroatoms. The van der Waals surface area contributed by atoms with E-state index in [1.807, 2.05) is 0 Å². The lowest BCUT2D eigenvalue weighted by molar-refractivity contribution is 0.308. The van der Waals surface area contributed by atoms with Gasteiger partial charge in [0.2, 0.25) is 0 Å². The van der Waals surface area contributed by atoms with E-state index >= 15 is 0 Å². The van der Waals surface area contributed by atoms with E-state index in [0.29, 0.717) is 5.41 Å². The van der Waals surface area contributed by atoms with Crippen molar-refractivity contribution in [1.29, 1.82) is 0 Å². The third-order valence-corrected chi connectivity index (χ3v) is 2.83. The van der Waals surface area contributed by atoms with Crippen LogP contribution in [0.4, 0.5) is 0 Å². The second kappa shape index (κ2) is 4.94. The Bertz CT molecular complexity index is 196. The van der Waals surface area contributed by atoms with Crippen LogP contribution in [0.5, 0.6) is 0 Å². The molecule has 0 aliphatic carbocycles. The van der Waals surface area contributed by atoms with E-state index in [1.54, 1.807) is 0 Å². The largest absolute Gasteiger partial charge is 0.313 e. The van der Waals surface area contributed by atoms with Gasteiger partial charge in [-0.05, 0) is 30.5 Å². The fraction of sp³-hybridized carbons (Fsp3) is 0.833. The van der Waals surface area contributed by atoms with E-state index in [9.17, 15) is 0 Å². The summed E-state index contributed by atoms with van der Waals surface area (Å²) >= 11 is 0. The fourth-order valence-corrected chi connectivity index (χ4v) is 2.03. The summed E-state index contributed by atoms with van der Waals surface area (Å²) < 4.78 is 0. The van der Waals surface area contributed by atoms with Crippen LogP contribution in [0.3, 0.4) is 0 Å². The first kappa shape index (κ1) is 11.7. The average molecular weight is 196 g/mol. The number of likely N-dealkylation sites (tertiary alicyclic amines) is 1. The van der Waals surface area contributed by atoms with Crippen LogP contribution >= 0.6 is 0 Å². The van der Waals surface area contributed by atoms with Gasteiger partial charge in [-0.15, -0.1) is 0 Å². The maximum absolute atomic E-state index is 4.10. The molecule has 0 bridgehead atoms. The van der Waals surface area contributed by atoms with E-state index < -0.39 is 0 Å². The molecule has 82 valence electrons. The smallest absolute Gasteiger partial charge is 0.0203 e. The summed E-state index contributed by atoms with van der Waals surface area (Å²) in [6, 6.07) is 0. The van der Waals surface area contributed by atoms with Crippen molar-refractivity contribution < 1.29 is 0 Å². The van der Waals surface area contributed by atoms with E-state index in [0.717, 1.165) is 19.6 Å². The van der Waals surface area contributed by atoms with Crippen LogP contribution < -0.4 is 5.32 Å². The maximum Gasteiger partial charge on any atom is 0.0203 e. The number of hydrogen-bond acceptors (Lipinski definition) is 2. The number of hydrogen-bond donors (Lipinski definition) is 1. The Kier molecular flexibility index (Phi) is 4.14. The molecular formula is C12H24N2. The highest BCUT2D eigenvalue weighted by Crippen LogP contribution is 2.28. The summed E-state index contributed by atoms with van der Waals surface area (Å²) in [6.45, 7) is 16.4. The van der Waals surface area contributed by atoms with Gasteiger partial charge in [0.05, 0.1) is 0 Å². The molecule has 0 amide bonds. The first-order valence-corrected chi connectivity index (χ1v) is 5.63. The summed E-state index contributed by atoms with van der Waals surface area (Å²) in [4.78, 5) is 2.51. The molecule has 0 saturated carbocycles. The molecule has 1 fully saturated rings. The molecule has 0 radical (unpaired) electrons. The van der Waals surface area contributed by atoms with Crippen LogP contribution in [-0.2, 0) is 0 Å². The van der Waals surface area contributed by atoms with Gasteiger partial charge in [-0.3, -0.25) is 4.90 Å². The lowest BCUT2D eigenvalue weighted by atomic mass is 9.93. The first-order valence-electron chi connectivity index (χ1n) is 5.63. The predicted octanol–water partition coefficient (Wildman–Crippen LogP) is 1.88. The molecule has 0 aromatic heterocycles. The van der Waals surface area contributed by atoms with Crippen molar-refractivity contribution in [2.24, 2.45) is 5.41 Å². The fourth-order valence-electron chi connectivity index (χ4n) is 2.03. The number of nitrogens with one attached hydrogen (secondary N) is 1. The van der Waals surface area contributed by atoms with Crippen LogP contribution in [0.1, 0.15) is 27.2 Å². The SMILES string of the molecule is C=C(CNCC)CN1CCC(C)(C)C1. The second-order valence-corrected chi connectivity index (χ2v) is 5.16. The van der Waals surface area contributed by atoms with E-state index in [4.69, 9.17) is 0 Å². The van der Waals surface area contributed by atoms with Gasteiger partial charge in [0, 0.05) is 19.6 Å². The standard InChI is InChI=1S/C12H24N2/c1-5-13-8-11(2)9-14-7-6-12(3,4)10-14/h13H,2,5-10H2,1,3-4H3. The Morgan fingerprint density at radius 2 is 2.21 bits per heavy atom. The van der Waals surface area contributed by atoms with Gasteiger partial charge in [0.1, 0.15) is 0 Å². The highest BCUT2D eigenvalue weighted by molar-refractivity contribution is 5.01. The summed E-state index contributed by atoms with van der Waals surface area (Å²) in [7, 11) is 0. The zero-order valence-corrected chi connectivity index (χ0v) is 9.90. The van der Waals surface area contributed by atoms with Crippen molar-refractivity contribution in [2.75, 3.05) is 32.7 Å². The zero-order valence-electron chi connectivity index (χ0n) is 9.90. The molecule has 0 spiro atoms. The summed E-state index contributed by atoms with van der Waals surface area (Å²) in [5, 5.41) is 3.32. The molecule has 0 aromatic rings. The molecular weight excluding hydrogens is 172 g/mol. The van der Waals surface area contributed by atoms with Crippen LogP contribution in [-0.4, -0.2) is 37.6 Å². The minimum Gasteiger partial charge on any atom is -0.313 e. The average Bonchev–Trinajstić information content (AvgIpc) is 2.42. The lowest BCUT2D eigenvalue weighted by Gasteiger charge is -2.20. The maximum atomic E-state index is 4.10. The van der Waals surface area contributed by atoms with Crippen LogP contribution in [0.2, 0.25) is 0 Å². The Hall–Kier alpha value is -0.340. The minimum atomic E-state index is 0.512. The minimum absolute atomic E-state index is 0.512. The van der Waals surface area contributed by atoms with Gasteiger partial charge in [0.25, 0.3) is 0 Å². The summed E-state index contributed by atoms with van der Waals surface area (Å²) in [5.74, 6) is 0. The summed E-state index contributed by atoms with van der Waals surface area (Å²) in [5.41, 5.74) is 1.82. The third kappa shape index (κ3) is 3.81. The molecule has 1 aliphatic heterocycles. The van der Waals surface area contributed by atoms with E-state index in [1.165, 1.54) is 25.1 Å². The zero-order chi connectivity index (χ0) is 10.6. The molecule has 1 N–H and O–H groups in total. The monoisotopic (exact) mass is 196 g/mol. The molecule has 1 aliphatic rings. The van der Waals surface area contributed by atoms with Crippen molar-refractivity contribution in [1.82, 2.24) is 10.2 Å². The van der Waals surface area contributed by atoms with Crippen LogP contribution in [0.15, 0.2) is 12.2 Å². The topological polar surface area (TPSA) is 15.3 Å². The van der Waals surface area contributed by atoms with Crippen molar-refractivity contribution in [2.45, 2.75) is 27.2 Å². The molecule has 1 rings (SSSR count). The Labute approximate surface area is 88.4 Å². The van der Waals surface area contributed by atoms with Crippen LogP contribution in [0.25, 0.3) is 0 Å². The van der Waals surface area contributed by atoms with E-state index in [-0.39, 0.29) is 0 Å². The number of rotatable bonds is 5. The van der Waals surface area contributed by atoms with Gasteiger partial charge >= 0.3 is 0 Å². The van der Waals surface area contributed by atoms with Crippen molar-refractivity contribution >= 4 is 0 Å². The van der Waals surface area contributed by atoms with Gasteiger partial charge in [-0.25, -0.2) is 0 Å². The van der Waals surface area contributed by atoms with Crippen molar-refractivity contribution in [3.63, 3.8) is 0 Å². The highest BCUT2D eigenvalue weighted by Gasteiger charge is 2.28. The molecule has 0 unspecified atom stereocenters. The van der Waals surface area contributed by atoms with Gasteiger partial charge < -0.3 is 5.32 Å². The Balaban J connectivity index is 2.22. The van der Waals surface area contributed by atoms with Crippen molar-refractivity contribution in [3.05, 3.63) is 12.2 Å². The molecule has 14 heavy (non-hydrogen) atoms. The van der Waals surface area contributed by atoms with Gasteiger partial charge in [-0.1, -0.05) is 27.4 Å². The third-order valence-electron chi connectivity index (χ3n) is 2.83. The Morgan fingerprint density at radius 1 is 1.50 bits per heavy atom. The molecule has 0 aromatic carbocycles. The van der Waals surface area contributed by atoms with Crippen molar-refractivity contribution in [3.8, 4) is 0 Å². The second-order valence-electron chi connectivity index (χ2n) is 5.16. The number of likely N-dealkylation sites (N-methyl/N-ethyl adjacent to an activating group) is 1. The van der Waals surface area contributed by atoms with Crippen LogP contribution in [0, 0.1) is 5.41 Å². The molecule has 1 heterocycles. The quantitative estimate of drug-likeness (QED) is 0.675. The summed E-state index contributed by atoms with van der Waals surface area (Å²) in [6.07, 6.45) is 1.32. The Morgan fingerprint density at radius 3 is 2.71 bits per heavy atom. The van der Waals surface area contributed by atoms with Gasteiger partial charge in [-0.2, -0.15) is 0 Å². The predicted molar refractivity (Wildman–Crippen MR) is 62.5 cm³/mol. The number of nitrogens with zero attached hydrogens (tertiary/aromatic N) is 1.